The summed E-state index contributed by atoms with van der Waals surface area (Å²) in [5.74, 6) is 0.430. The summed E-state index contributed by atoms with van der Waals surface area (Å²) in [5, 5.41) is 0.864. The van der Waals surface area contributed by atoms with E-state index in [-0.39, 0.29) is 0 Å². The van der Waals surface area contributed by atoms with Crippen LogP contribution in [0.5, 0.6) is 0 Å². The number of rotatable bonds is 0. The lowest BCUT2D eigenvalue weighted by Crippen LogP contribution is -2.26. The molecule has 0 spiro atoms. The first-order valence-electron chi connectivity index (χ1n) is 5.33. The number of nitrogen functional groups attached to an aromatic ring is 1. The summed E-state index contributed by atoms with van der Waals surface area (Å²) in [4.78, 5) is 15.9. The lowest BCUT2D eigenvalue weighted by molar-refractivity contribution is 0.0544. The van der Waals surface area contributed by atoms with E-state index in [2.05, 4.69) is 4.98 Å². The Hall–Kier alpha value is -2.04. The number of nitrogens with two attached hydrogens (primary N) is 1. The highest BCUT2D eigenvalue weighted by Crippen LogP contribution is 2.18. The van der Waals surface area contributed by atoms with Gasteiger partial charge in [0.15, 0.2) is 0 Å². The summed E-state index contributed by atoms with van der Waals surface area (Å²) >= 11 is 0. The number of aromatic nitrogens is 2. The third-order valence-corrected chi connectivity index (χ3v) is 2.19. The van der Waals surface area contributed by atoms with Gasteiger partial charge in [0.25, 0.3) is 0 Å². The Balaban J connectivity index is 2.40. The molecule has 0 amide bonds. The molecule has 2 heterocycles. The van der Waals surface area contributed by atoms with Crippen molar-refractivity contribution in [3.05, 3.63) is 24.5 Å². The number of hydrogen-bond acceptors (Lipinski definition) is 4. The van der Waals surface area contributed by atoms with Gasteiger partial charge in [0, 0.05) is 11.6 Å². The SMILES string of the molecule is CC(C)(C)OC(=O)n1ccc2cc(N)ncc21. The van der Waals surface area contributed by atoms with E-state index in [4.69, 9.17) is 10.5 Å². The molecule has 5 heteroatoms. The first kappa shape index (κ1) is 11.4. The molecule has 2 aromatic heterocycles. The Bertz CT molecular complexity index is 567. The topological polar surface area (TPSA) is 70.1 Å². The van der Waals surface area contributed by atoms with Gasteiger partial charge in [-0.3, -0.25) is 4.57 Å². The Kier molecular flexibility index (Phi) is 2.53. The van der Waals surface area contributed by atoms with Crippen molar-refractivity contribution in [3.8, 4) is 0 Å². The van der Waals surface area contributed by atoms with E-state index in [0.29, 0.717) is 11.3 Å². The van der Waals surface area contributed by atoms with Crippen molar-refractivity contribution in [2.75, 3.05) is 5.73 Å². The van der Waals surface area contributed by atoms with Crippen LogP contribution < -0.4 is 5.73 Å². The van der Waals surface area contributed by atoms with E-state index in [0.717, 1.165) is 5.39 Å². The van der Waals surface area contributed by atoms with Gasteiger partial charge in [-0.15, -0.1) is 0 Å². The summed E-state index contributed by atoms with van der Waals surface area (Å²) < 4.78 is 6.71. The van der Waals surface area contributed by atoms with Crippen LogP contribution in [0.15, 0.2) is 24.5 Å². The van der Waals surface area contributed by atoms with Crippen molar-refractivity contribution >= 4 is 22.8 Å². The molecule has 0 unspecified atom stereocenters. The fourth-order valence-electron chi connectivity index (χ4n) is 1.52. The van der Waals surface area contributed by atoms with Crippen LogP contribution in [0.2, 0.25) is 0 Å². The molecule has 0 aliphatic carbocycles. The molecule has 0 bridgehead atoms. The Morgan fingerprint density at radius 2 is 2.18 bits per heavy atom. The molecule has 2 aromatic rings. The minimum Gasteiger partial charge on any atom is -0.443 e. The van der Waals surface area contributed by atoms with Gasteiger partial charge >= 0.3 is 6.09 Å². The molecular weight excluding hydrogens is 218 g/mol. The number of ether oxygens (including phenoxy) is 1. The summed E-state index contributed by atoms with van der Waals surface area (Å²) in [6, 6.07) is 3.52. The van der Waals surface area contributed by atoms with Crippen molar-refractivity contribution in [1.82, 2.24) is 9.55 Å². The highest BCUT2D eigenvalue weighted by molar-refractivity contribution is 5.90. The van der Waals surface area contributed by atoms with Crippen molar-refractivity contribution in [1.29, 1.82) is 0 Å². The quantitative estimate of drug-likeness (QED) is 0.758. The average molecular weight is 233 g/mol. The fraction of sp³-hybridized carbons (Fsp3) is 0.333. The predicted molar refractivity (Wildman–Crippen MR) is 65.8 cm³/mol. The molecule has 0 aliphatic rings. The Morgan fingerprint density at radius 1 is 1.47 bits per heavy atom. The van der Waals surface area contributed by atoms with Gasteiger partial charge in [-0.05, 0) is 32.9 Å². The second-order valence-electron chi connectivity index (χ2n) is 4.83. The normalized spacial score (nSPS) is 11.7. The van der Waals surface area contributed by atoms with Gasteiger partial charge < -0.3 is 10.5 Å². The fourth-order valence-corrected chi connectivity index (χ4v) is 1.52. The van der Waals surface area contributed by atoms with Gasteiger partial charge in [-0.2, -0.15) is 0 Å². The first-order chi connectivity index (χ1) is 7.87. The number of fused-ring (bicyclic) bond motifs is 1. The van der Waals surface area contributed by atoms with Gasteiger partial charge in [-0.1, -0.05) is 0 Å². The zero-order valence-corrected chi connectivity index (χ0v) is 10.1. The first-order valence-corrected chi connectivity index (χ1v) is 5.33. The molecule has 2 N–H and O–H groups in total. The zero-order valence-electron chi connectivity index (χ0n) is 10.1. The van der Waals surface area contributed by atoms with Crippen LogP contribution in [0.3, 0.4) is 0 Å². The van der Waals surface area contributed by atoms with Crippen molar-refractivity contribution in [3.63, 3.8) is 0 Å². The maximum atomic E-state index is 11.9. The molecular formula is C12H15N3O2. The summed E-state index contributed by atoms with van der Waals surface area (Å²) in [6.45, 7) is 5.48. The second kappa shape index (κ2) is 3.76. The minimum atomic E-state index is -0.519. The molecule has 17 heavy (non-hydrogen) atoms. The van der Waals surface area contributed by atoms with Gasteiger partial charge in [0.2, 0.25) is 0 Å². The van der Waals surface area contributed by atoms with Crippen LogP contribution in [0, 0.1) is 0 Å². The monoisotopic (exact) mass is 233 g/mol. The molecule has 0 saturated carbocycles. The van der Waals surface area contributed by atoms with E-state index in [1.165, 1.54) is 4.57 Å². The standard InChI is InChI=1S/C12H15N3O2/c1-12(2,3)17-11(16)15-5-4-8-6-10(13)14-7-9(8)15/h4-7H,1-3H3,(H2,13,14). The van der Waals surface area contributed by atoms with Crippen LogP contribution in [0.25, 0.3) is 10.9 Å². The smallest absolute Gasteiger partial charge is 0.419 e. The lowest BCUT2D eigenvalue weighted by Gasteiger charge is -2.19. The van der Waals surface area contributed by atoms with Gasteiger partial charge in [-0.25, -0.2) is 9.78 Å². The second-order valence-corrected chi connectivity index (χ2v) is 4.83. The lowest BCUT2D eigenvalue weighted by atomic mass is 10.2. The third kappa shape index (κ3) is 2.38. The number of carbonyl (C=O) groups is 1. The molecule has 0 radical (unpaired) electrons. The number of nitrogens with zero attached hydrogens (tertiary/aromatic N) is 2. The number of carbonyl (C=O) groups excluding carboxylic acids is 1. The van der Waals surface area contributed by atoms with Crippen LogP contribution in [0.1, 0.15) is 20.8 Å². The van der Waals surface area contributed by atoms with Crippen molar-refractivity contribution < 1.29 is 9.53 Å². The summed E-state index contributed by atoms with van der Waals surface area (Å²) in [6.07, 6.45) is 2.80. The highest BCUT2D eigenvalue weighted by Gasteiger charge is 2.18. The molecule has 2 rings (SSSR count). The average Bonchev–Trinajstić information content (AvgIpc) is 2.57. The maximum Gasteiger partial charge on any atom is 0.419 e. The molecule has 0 fully saturated rings. The van der Waals surface area contributed by atoms with Crippen LogP contribution in [0.4, 0.5) is 10.6 Å². The summed E-state index contributed by atoms with van der Waals surface area (Å²) in [7, 11) is 0. The predicted octanol–water partition coefficient (Wildman–Crippen LogP) is 2.40. The molecule has 0 saturated heterocycles. The van der Waals surface area contributed by atoms with E-state index >= 15 is 0 Å². The van der Waals surface area contributed by atoms with Crippen molar-refractivity contribution in [2.24, 2.45) is 0 Å². The minimum absolute atomic E-state index is 0.418. The molecule has 0 aliphatic heterocycles. The number of pyridine rings is 1. The molecule has 0 aromatic carbocycles. The van der Waals surface area contributed by atoms with Gasteiger partial charge in [0.05, 0.1) is 11.7 Å². The molecule has 90 valence electrons. The maximum absolute atomic E-state index is 11.9. The zero-order chi connectivity index (χ0) is 12.6. The van der Waals surface area contributed by atoms with E-state index in [1.54, 1.807) is 24.5 Å². The highest BCUT2D eigenvalue weighted by atomic mass is 16.6. The number of anilines is 1. The van der Waals surface area contributed by atoms with Crippen LogP contribution in [-0.2, 0) is 4.74 Å². The molecule has 5 nitrogen and oxygen atoms in total. The third-order valence-electron chi connectivity index (χ3n) is 2.19. The molecule has 0 atom stereocenters. The number of hydrogen-bond donors (Lipinski definition) is 1. The van der Waals surface area contributed by atoms with Crippen LogP contribution >= 0.6 is 0 Å². The van der Waals surface area contributed by atoms with E-state index in [1.807, 2.05) is 20.8 Å². The van der Waals surface area contributed by atoms with E-state index in [9.17, 15) is 4.79 Å². The van der Waals surface area contributed by atoms with Gasteiger partial charge in [0.1, 0.15) is 11.4 Å². The largest absolute Gasteiger partial charge is 0.443 e. The van der Waals surface area contributed by atoms with Crippen molar-refractivity contribution in [2.45, 2.75) is 26.4 Å². The summed E-state index contributed by atoms with van der Waals surface area (Å²) in [5.41, 5.74) is 5.74. The van der Waals surface area contributed by atoms with E-state index < -0.39 is 11.7 Å². The Morgan fingerprint density at radius 3 is 2.82 bits per heavy atom. The Labute approximate surface area is 99.2 Å². The van der Waals surface area contributed by atoms with Crippen LogP contribution in [-0.4, -0.2) is 21.2 Å².